The zero-order valence-corrected chi connectivity index (χ0v) is 7.60. The van der Waals surface area contributed by atoms with E-state index in [0.29, 0.717) is 5.69 Å². The monoisotopic (exact) mass is 188 g/mol. The number of carbonyl (C=O) groups is 1. The Hall–Kier alpha value is -1.97. The van der Waals surface area contributed by atoms with Crippen LogP contribution in [0.15, 0.2) is 35.3 Å². The molecule has 2 aromatic heterocycles. The lowest BCUT2D eigenvalue weighted by Gasteiger charge is -1.95. The van der Waals surface area contributed by atoms with Gasteiger partial charge in [-0.2, -0.15) is 0 Å². The van der Waals surface area contributed by atoms with Gasteiger partial charge in [-0.15, -0.1) is 0 Å². The number of nitrogens with zero attached hydrogens (tertiary/aromatic N) is 2. The van der Waals surface area contributed by atoms with Crippen molar-refractivity contribution in [1.82, 2.24) is 9.97 Å². The van der Waals surface area contributed by atoms with Crippen LogP contribution in [0.2, 0.25) is 0 Å². The molecule has 0 aliphatic carbocycles. The summed E-state index contributed by atoms with van der Waals surface area (Å²) in [5.74, 6) is 0.138. The van der Waals surface area contributed by atoms with Crippen LogP contribution in [0.1, 0.15) is 17.5 Å². The molecule has 0 saturated heterocycles. The van der Waals surface area contributed by atoms with Gasteiger partial charge in [0.05, 0.1) is 0 Å². The Morgan fingerprint density at radius 1 is 1.50 bits per heavy atom. The maximum atomic E-state index is 11.1. The molecule has 0 N–H and O–H groups in total. The number of oxazole rings is 1. The van der Waals surface area contributed by atoms with E-state index in [1.165, 1.54) is 13.3 Å². The topological polar surface area (TPSA) is 56.0 Å². The molecule has 70 valence electrons. The Kier molecular flexibility index (Phi) is 2.10. The molecule has 0 atom stereocenters. The average Bonchev–Trinajstić information content (AvgIpc) is 2.67. The largest absolute Gasteiger partial charge is 0.440 e. The Morgan fingerprint density at radius 2 is 2.36 bits per heavy atom. The first-order valence-electron chi connectivity index (χ1n) is 4.14. The summed E-state index contributed by atoms with van der Waals surface area (Å²) in [6.45, 7) is 1.44. The van der Waals surface area contributed by atoms with Gasteiger partial charge in [-0.05, 0) is 12.1 Å². The van der Waals surface area contributed by atoms with Crippen LogP contribution in [0.5, 0.6) is 0 Å². The van der Waals surface area contributed by atoms with Crippen molar-refractivity contribution >= 4 is 5.78 Å². The van der Waals surface area contributed by atoms with E-state index in [4.69, 9.17) is 4.42 Å². The van der Waals surface area contributed by atoms with Gasteiger partial charge in [0.25, 0.3) is 0 Å². The third kappa shape index (κ3) is 1.42. The zero-order chi connectivity index (χ0) is 9.97. The maximum Gasteiger partial charge on any atom is 0.197 e. The molecule has 0 fully saturated rings. The fourth-order valence-corrected chi connectivity index (χ4v) is 1.20. The van der Waals surface area contributed by atoms with E-state index < -0.39 is 0 Å². The van der Waals surface area contributed by atoms with E-state index in [-0.39, 0.29) is 11.5 Å². The Morgan fingerprint density at radius 3 is 3.00 bits per heavy atom. The van der Waals surface area contributed by atoms with Crippen LogP contribution in [0, 0.1) is 0 Å². The van der Waals surface area contributed by atoms with Crippen molar-refractivity contribution in [3.8, 4) is 11.3 Å². The lowest BCUT2D eigenvalue weighted by molar-refractivity contribution is 0.0988. The molecule has 0 saturated carbocycles. The van der Waals surface area contributed by atoms with Crippen molar-refractivity contribution in [2.45, 2.75) is 6.92 Å². The third-order valence-electron chi connectivity index (χ3n) is 1.82. The fourth-order valence-electron chi connectivity index (χ4n) is 1.20. The van der Waals surface area contributed by atoms with Crippen LogP contribution < -0.4 is 0 Å². The second-order valence-electron chi connectivity index (χ2n) is 2.83. The lowest BCUT2D eigenvalue weighted by atomic mass is 10.1. The van der Waals surface area contributed by atoms with E-state index in [9.17, 15) is 4.79 Å². The molecule has 2 aromatic rings. The molecular formula is C10H8N2O2. The van der Waals surface area contributed by atoms with Gasteiger partial charge in [-0.25, -0.2) is 4.98 Å². The second-order valence-corrected chi connectivity index (χ2v) is 2.83. The van der Waals surface area contributed by atoms with Gasteiger partial charge < -0.3 is 4.42 Å². The summed E-state index contributed by atoms with van der Waals surface area (Å²) in [7, 11) is 0. The molecule has 0 spiro atoms. The van der Waals surface area contributed by atoms with E-state index in [1.807, 2.05) is 6.07 Å². The number of ketones is 1. The van der Waals surface area contributed by atoms with Gasteiger partial charge in [-0.1, -0.05) is 0 Å². The van der Waals surface area contributed by atoms with Crippen LogP contribution in [0.3, 0.4) is 0 Å². The number of Topliss-reactive ketones (excluding diaryl/α,β-unsaturated/α-hetero) is 1. The molecule has 4 nitrogen and oxygen atoms in total. The first-order valence-corrected chi connectivity index (χ1v) is 4.14. The molecule has 2 heterocycles. The Bertz CT molecular complexity index is 448. The minimum atomic E-state index is -0.138. The average molecular weight is 188 g/mol. The molecule has 0 aromatic carbocycles. The van der Waals surface area contributed by atoms with E-state index in [0.717, 1.165) is 5.56 Å². The molecule has 0 bridgehead atoms. The summed E-state index contributed by atoms with van der Waals surface area (Å²) in [4.78, 5) is 19.1. The number of rotatable bonds is 2. The first kappa shape index (κ1) is 8.62. The highest BCUT2D eigenvalue weighted by Gasteiger charge is 2.14. The predicted octanol–water partition coefficient (Wildman–Crippen LogP) is 1.94. The summed E-state index contributed by atoms with van der Waals surface area (Å²) < 4.78 is 4.99. The van der Waals surface area contributed by atoms with Crippen LogP contribution in [0.25, 0.3) is 11.3 Å². The van der Waals surface area contributed by atoms with Gasteiger partial charge in [0, 0.05) is 24.9 Å². The highest BCUT2D eigenvalue weighted by atomic mass is 16.3. The quantitative estimate of drug-likeness (QED) is 0.676. The zero-order valence-electron chi connectivity index (χ0n) is 7.60. The molecule has 14 heavy (non-hydrogen) atoms. The minimum absolute atomic E-state index is 0.138. The summed E-state index contributed by atoms with van der Waals surface area (Å²) in [5.41, 5.74) is 1.33. The van der Waals surface area contributed by atoms with Crippen molar-refractivity contribution in [3.05, 3.63) is 36.7 Å². The minimum Gasteiger partial charge on any atom is -0.440 e. The number of carbonyl (C=O) groups excluding carboxylic acids is 1. The normalized spacial score (nSPS) is 10.1. The standard InChI is InChI=1S/C10H8N2O2/c1-7(13)10-9(12-6-14-10)8-3-2-4-11-5-8/h2-6H,1H3. The molecule has 0 aliphatic rings. The Balaban J connectivity index is 2.52. The number of aromatic nitrogens is 2. The molecule has 0 aliphatic heterocycles. The molecule has 4 heteroatoms. The van der Waals surface area contributed by atoms with Crippen LogP contribution in [-0.4, -0.2) is 15.8 Å². The lowest BCUT2D eigenvalue weighted by Crippen LogP contribution is -1.92. The molecule has 0 unspecified atom stereocenters. The smallest absolute Gasteiger partial charge is 0.197 e. The van der Waals surface area contributed by atoms with E-state index in [1.54, 1.807) is 18.5 Å². The highest BCUT2D eigenvalue weighted by molar-refractivity contribution is 5.96. The van der Waals surface area contributed by atoms with Crippen molar-refractivity contribution in [2.24, 2.45) is 0 Å². The highest BCUT2D eigenvalue weighted by Crippen LogP contribution is 2.20. The molecular weight excluding hydrogens is 180 g/mol. The summed E-state index contributed by atoms with van der Waals surface area (Å²) >= 11 is 0. The van der Waals surface area contributed by atoms with Crippen molar-refractivity contribution in [1.29, 1.82) is 0 Å². The van der Waals surface area contributed by atoms with E-state index in [2.05, 4.69) is 9.97 Å². The number of hydrogen-bond acceptors (Lipinski definition) is 4. The van der Waals surface area contributed by atoms with Crippen molar-refractivity contribution < 1.29 is 9.21 Å². The molecule has 0 amide bonds. The van der Waals surface area contributed by atoms with Crippen LogP contribution in [0.4, 0.5) is 0 Å². The summed E-state index contributed by atoms with van der Waals surface area (Å²) in [6.07, 6.45) is 4.57. The maximum absolute atomic E-state index is 11.1. The van der Waals surface area contributed by atoms with Crippen LogP contribution >= 0.6 is 0 Å². The van der Waals surface area contributed by atoms with E-state index >= 15 is 0 Å². The second kappa shape index (κ2) is 3.41. The SMILES string of the molecule is CC(=O)c1ocnc1-c1cccnc1. The third-order valence-corrected chi connectivity index (χ3v) is 1.82. The fraction of sp³-hybridized carbons (Fsp3) is 0.100. The summed E-state index contributed by atoms with van der Waals surface area (Å²) in [6, 6.07) is 3.62. The van der Waals surface area contributed by atoms with Gasteiger partial charge in [0.15, 0.2) is 17.9 Å². The first-order chi connectivity index (χ1) is 6.79. The van der Waals surface area contributed by atoms with Crippen molar-refractivity contribution in [2.75, 3.05) is 0 Å². The van der Waals surface area contributed by atoms with Crippen molar-refractivity contribution in [3.63, 3.8) is 0 Å². The molecule has 2 rings (SSSR count). The van der Waals surface area contributed by atoms with Gasteiger partial charge in [-0.3, -0.25) is 9.78 Å². The predicted molar refractivity (Wildman–Crippen MR) is 49.7 cm³/mol. The summed E-state index contributed by atoms with van der Waals surface area (Å²) in [5, 5.41) is 0. The number of hydrogen-bond donors (Lipinski definition) is 0. The number of pyridine rings is 1. The van der Waals surface area contributed by atoms with Gasteiger partial charge >= 0.3 is 0 Å². The Labute approximate surface area is 80.6 Å². The van der Waals surface area contributed by atoms with Gasteiger partial charge in [0.2, 0.25) is 0 Å². The molecule has 0 radical (unpaired) electrons. The van der Waals surface area contributed by atoms with Crippen LogP contribution in [-0.2, 0) is 0 Å². The van der Waals surface area contributed by atoms with Gasteiger partial charge in [0.1, 0.15) is 5.69 Å².